The SMILES string of the molecule is CC1CCCN1c1ccc(F)cc1C#N. The van der Waals surface area contributed by atoms with E-state index in [1.807, 2.05) is 0 Å². The summed E-state index contributed by atoms with van der Waals surface area (Å²) < 4.78 is 12.9. The largest absolute Gasteiger partial charge is 0.368 e. The molecule has 1 unspecified atom stereocenters. The molecule has 1 aromatic rings. The van der Waals surface area contributed by atoms with Gasteiger partial charge >= 0.3 is 0 Å². The van der Waals surface area contributed by atoms with E-state index < -0.39 is 0 Å². The Hall–Kier alpha value is -1.56. The third-order valence-corrected chi connectivity index (χ3v) is 2.94. The predicted molar refractivity (Wildman–Crippen MR) is 57.2 cm³/mol. The zero-order valence-electron chi connectivity index (χ0n) is 8.70. The number of nitrogens with zero attached hydrogens (tertiary/aromatic N) is 2. The second-order valence-electron chi connectivity index (χ2n) is 3.96. The first kappa shape index (κ1) is 9.97. The number of halogens is 1. The smallest absolute Gasteiger partial charge is 0.124 e. The number of hydrogen-bond donors (Lipinski definition) is 0. The first-order valence-corrected chi connectivity index (χ1v) is 5.18. The predicted octanol–water partition coefficient (Wildman–Crippen LogP) is 2.69. The minimum absolute atomic E-state index is 0.345. The summed E-state index contributed by atoms with van der Waals surface area (Å²) in [6.45, 7) is 3.10. The minimum atomic E-state index is -0.345. The molecule has 0 amide bonds. The lowest BCUT2D eigenvalue weighted by Gasteiger charge is -2.24. The molecule has 0 saturated carbocycles. The van der Waals surface area contributed by atoms with Crippen LogP contribution in [0.15, 0.2) is 18.2 Å². The summed E-state index contributed by atoms with van der Waals surface area (Å²) in [5.41, 5.74) is 1.30. The van der Waals surface area contributed by atoms with Crippen molar-refractivity contribution in [2.24, 2.45) is 0 Å². The minimum Gasteiger partial charge on any atom is -0.368 e. The molecule has 0 spiro atoms. The van der Waals surface area contributed by atoms with Crippen LogP contribution in [0.1, 0.15) is 25.3 Å². The van der Waals surface area contributed by atoms with Crippen LogP contribution in [-0.2, 0) is 0 Å². The molecule has 0 bridgehead atoms. The van der Waals surface area contributed by atoms with Crippen molar-refractivity contribution < 1.29 is 4.39 Å². The van der Waals surface area contributed by atoms with E-state index in [4.69, 9.17) is 5.26 Å². The van der Waals surface area contributed by atoms with Gasteiger partial charge in [0.1, 0.15) is 11.9 Å². The molecule has 1 atom stereocenters. The summed E-state index contributed by atoms with van der Waals surface area (Å²) in [5.74, 6) is -0.345. The lowest BCUT2D eigenvalue weighted by atomic mass is 10.1. The summed E-state index contributed by atoms with van der Waals surface area (Å²) in [4.78, 5) is 2.18. The van der Waals surface area contributed by atoms with Gasteiger partial charge in [0.2, 0.25) is 0 Å². The zero-order valence-corrected chi connectivity index (χ0v) is 8.70. The van der Waals surface area contributed by atoms with Gasteiger partial charge in [0.15, 0.2) is 0 Å². The molecule has 0 aliphatic carbocycles. The van der Waals surface area contributed by atoms with Gasteiger partial charge in [-0.3, -0.25) is 0 Å². The molecule has 1 fully saturated rings. The van der Waals surface area contributed by atoms with Gasteiger partial charge in [-0.05, 0) is 38.0 Å². The molecule has 78 valence electrons. The maximum atomic E-state index is 12.9. The molecule has 0 radical (unpaired) electrons. The second kappa shape index (κ2) is 3.90. The highest BCUT2D eigenvalue weighted by Crippen LogP contribution is 2.28. The second-order valence-corrected chi connectivity index (χ2v) is 3.96. The first-order chi connectivity index (χ1) is 7.22. The third-order valence-electron chi connectivity index (χ3n) is 2.94. The topological polar surface area (TPSA) is 27.0 Å². The molecular weight excluding hydrogens is 191 g/mol. The fourth-order valence-electron chi connectivity index (χ4n) is 2.14. The van der Waals surface area contributed by atoms with Gasteiger partial charge in [0.25, 0.3) is 0 Å². The van der Waals surface area contributed by atoms with Crippen LogP contribution in [0.5, 0.6) is 0 Å². The maximum absolute atomic E-state index is 12.9. The number of hydrogen-bond acceptors (Lipinski definition) is 2. The summed E-state index contributed by atoms with van der Waals surface area (Å²) >= 11 is 0. The van der Waals surface area contributed by atoms with Crippen LogP contribution in [-0.4, -0.2) is 12.6 Å². The number of anilines is 1. The van der Waals surface area contributed by atoms with Gasteiger partial charge < -0.3 is 4.90 Å². The quantitative estimate of drug-likeness (QED) is 0.703. The Bertz CT molecular complexity index is 409. The van der Waals surface area contributed by atoms with Gasteiger partial charge in [0.05, 0.1) is 11.3 Å². The van der Waals surface area contributed by atoms with E-state index in [0.29, 0.717) is 11.6 Å². The standard InChI is InChI=1S/C12H13FN2/c1-9-3-2-6-15(9)12-5-4-11(13)7-10(12)8-14/h4-5,7,9H,2-3,6H2,1H3. The van der Waals surface area contributed by atoms with Crippen molar-refractivity contribution in [3.05, 3.63) is 29.6 Å². The molecule has 0 N–H and O–H groups in total. The molecular formula is C12H13FN2. The van der Waals surface area contributed by atoms with Gasteiger partial charge in [-0.1, -0.05) is 0 Å². The van der Waals surface area contributed by atoms with Crippen LogP contribution in [0, 0.1) is 17.1 Å². The zero-order chi connectivity index (χ0) is 10.8. The highest BCUT2D eigenvalue weighted by atomic mass is 19.1. The number of rotatable bonds is 1. The summed E-state index contributed by atoms with van der Waals surface area (Å²) in [5, 5.41) is 8.95. The Kier molecular flexibility index (Phi) is 2.59. The monoisotopic (exact) mass is 204 g/mol. The fraction of sp³-hybridized carbons (Fsp3) is 0.417. The van der Waals surface area contributed by atoms with Crippen LogP contribution >= 0.6 is 0 Å². The lowest BCUT2D eigenvalue weighted by molar-refractivity contribution is 0.626. The van der Waals surface area contributed by atoms with E-state index in [0.717, 1.165) is 25.1 Å². The average Bonchev–Trinajstić information content (AvgIpc) is 2.64. The molecule has 2 nitrogen and oxygen atoms in total. The van der Waals surface area contributed by atoms with Crippen molar-refractivity contribution in [2.45, 2.75) is 25.8 Å². The van der Waals surface area contributed by atoms with E-state index in [-0.39, 0.29) is 5.82 Å². The van der Waals surface area contributed by atoms with E-state index in [1.54, 1.807) is 6.07 Å². The van der Waals surface area contributed by atoms with Crippen LogP contribution in [0.4, 0.5) is 10.1 Å². The highest BCUT2D eigenvalue weighted by molar-refractivity contribution is 5.60. The Morgan fingerprint density at radius 1 is 1.53 bits per heavy atom. The van der Waals surface area contributed by atoms with Gasteiger partial charge in [-0.2, -0.15) is 5.26 Å². The lowest BCUT2D eigenvalue weighted by Crippen LogP contribution is -2.27. The molecule has 0 aromatic heterocycles. The van der Waals surface area contributed by atoms with Crippen LogP contribution in [0.3, 0.4) is 0 Å². The Balaban J connectivity index is 2.39. The summed E-state index contributed by atoms with van der Waals surface area (Å²) in [6, 6.07) is 6.93. The number of nitriles is 1. The van der Waals surface area contributed by atoms with Crippen LogP contribution < -0.4 is 4.90 Å². The molecule has 1 aromatic carbocycles. The molecule has 15 heavy (non-hydrogen) atoms. The van der Waals surface area contributed by atoms with Gasteiger partial charge in [-0.15, -0.1) is 0 Å². The molecule has 1 heterocycles. The van der Waals surface area contributed by atoms with Gasteiger partial charge in [-0.25, -0.2) is 4.39 Å². The van der Waals surface area contributed by atoms with Crippen LogP contribution in [0.2, 0.25) is 0 Å². The highest BCUT2D eigenvalue weighted by Gasteiger charge is 2.22. The molecule has 3 heteroatoms. The van der Waals surface area contributed by atoms with E-state index in [9.17, 15) is 4.39 Å². The third kappa shape index (κ3) is 1.80. The summed E-state index contributed by atoms with van der Waals surface area (Å²) in [6.07, 6.45) is 2.28. The maximum Gasteiger partial charge on any atom is 0.124 e. The Morgan fingerprint density at radius 3 is 2.93 bits per heavy atom. The van der Waals surface area contributed by atoms with E-state index in [1.165, 1.54) is 12.1 Å². The van der Waals surface area contributed by atoms with Crippen LogP contribution in [0.25, 0.3) is 0 Å². The van der Waals surface area contributed by atoms with Crippen molar-refractivity contribution >= 4 is 5.69 Å². The number of benzene rings is 1. The van der Waals surface area contributed by atoms with Crippen molar-refractivity contribution in [3.63, 3.8) is 0 Å². The Labute approximate surface area is 88.9 Å². The molecule has 1 saturated heterocycles. The van der Waals surface area contributed by atoms with Crippen molar-refractivity contribution in [1.82, 2.24) is 0 Å². The molecule has 1 aliphatic rings. The van der Waals surface area contributed by atoms with E-state index >= 15 is 0 Å². The van der Waals surface area contributed by atoms with Crippen molar-refractivity contribution in [3.8, 4) is 6.07 Å². The first-order valence-electron chi connectivity index (χ1n) is 5.18. The summed E-state index contributed by atoms with van der Waals surface area (Å²) in [7, 11) is 0. The van der Waals surface area contributed by atoms with Crippen molar-refractivity contribution in [1.29, 1.82) is 5.26 Å². The molecule has 2 rings (SSSR count). The Morgan fingerprint density at radius 2 is 2.33 bits per heavy atom. The average molecular weight is 204 g/mol. The fourth-order valence-corrected chi connectivity index (χ4v) is 2.14. The van der Waals surface area contributed by atoms with Crippen molar-refractivity contribution in [2.75, 3.05) is 11.4 Å². The molecule has 1 aliphatic heterocycles. The van der Waals surface area contributed by atoms with Gasteiger partial charge in [0, 0.05) is 12.6 Å². The van der Waals surface area contributed by atoms with E-state index in [2.05, 4.69) is 17.9 Å². The normalized spacial score (nSPS) is 20.3.